The van der Waals surface area contributed by atoms with Crippen molar-refractivity contribution in [2.45, 2.75) is 95.9 Å². The number of aliphatic hydroxyl groups is 1. The highest BCUT2D eigenvalue weighted by atomic mass is 28.4. The van der Waals surface area contributed by atoms with Gasteiger partial charge in [0.2, 0.25) is 11.6 Å². The molecule has 11 heteroatoms. The van der Waals surface area contributed by atoms with Gasteiger partial charge in [-0.15, -0.1) is 0 Å². The third-order valence-electron chi connectivity index (χ3n) is 12.2. The number of hydrogen-bond donors (Lipinski definition) is 2. The van der Waals surface area contributed by atoms with Gasteiger partial charge in [-0.3, -0.25) is 9.59 Å². The van der Waals surface area contributed by atoms with Crippen LogP contribution in [-0.2, 0) is 41.7 Å². The lowest BCUT2D eigenvalue weighted by Crippen LogP contribution is -2.68. The van der Waals surface area contributed by atoms with Crippen LogP contribution in [0.25, 0.3) is 5.76 Å². The number of Topliss-reactive ketones (excluding diaryl/α,β-unsaturated/α-hetero) is 2. The maximum absolute atomic E-state index is 16.5. The lowest BCUT2D eigenvalue weighted by molar-refractivity contribution is -0.138. The number of halogens is 1. The third kappa shape index (κ3) is 5.49. The van der Waals surface area contributed by atoms with Gasteiger partial charge in [-0.1, -0.05) is 81.4 Å². The molecule has 0 bridgehead atoms. The Morgan fingerprint density at radius 2 is 1.55 bits per heavy atom. The molecule has 0 amide bonds. The number of nitrogens with zero attached hydrogens (tertiary/aromatic N) is 1. The number of aromatic nitrogens is 1. The summed E-state index contributed by atoms with van der Waals surface area (Å²) in [6.07, 6.45) is 2.19. The van der Waals surface area contributed by atoms with E-state index in [4.69, 9.17) is 24.2 Å². The van der Waals surface area contributed by atoms with Crippen molar-refractivity contribution in [3.05, 3.63) is 117 Å². The van der Waals surface area contributed by atoms with E-state index in [-0.39, 0.29) is 66.0 Å². The van der Waals surface area contributed by atoms with E-state index in [9.17, 15) is 5.11 Å². The molecule has 0 saturated heterocycles. The van der Waals surface area contributed by atoms with Gasteiger partial charge in [0.05, 0.1) is 11.6 Å². The zero-order chi connectivity index (χ0) is 37.4. The van der Waals surface area contributed by atoms with Crippen molar-refractivity contribution < 1.29 is 37.5 Å². The molecule has 0 radical (unpaired) electrons. The van der Waals surface area contributed by atoms with E-state index in [0.29, 0.717) is 35.3 Å². The summed E-state index contributed by atoms with van der Waals surface area (Å²) < 4.78 is 41.8. The molecule has 4 aliphatic carbocycles. The van der Waals surface area contributed by atoms with Crippen molar-refractivity contribution in [2.75, 3.05) is 0 Å². The van der Waals surface area contributed by atoms with Crippen LogP contribution < -0.4 is 15.2 Å². The molecule has 276 valence electrons. The Bertz CT molecular complexity index is 2160. The Labute approximate surface area is 309 Å². The van der Waals surface area contributed by atoms with Crippen LogP contribution in [-0.4, -0.2) is 35.7 Å². The SMILES string of the molecule is CC(C)(C)[Si](C)(C)O[C@]12C(=O)C3=C(O)c4c(c(F)c5c(c4OCc4ccccc4)CCC5)C[C@H]3C[C@H]1[C@H](N)c1onc(OCc3ccccc3)c1C2=O. The fourth-order valence-corrected chi connectivity index (χ4v) is 9.92. The van der Waals surface area contributed by atoms with E-state index in [2.05, 4.69) is 5.16 Å². The first kappa shape index (κ1) is 35.4. The van der Waals surface area contributed by atoms with Crippen LogP contribution in [0.15, 0.2) is 70.8 Å². The van der Waals surface area contributed by atoms with Crippen molar-refractivity contribution in [2.24, 2.45) is 17.6 Å². The van der Waals surface area contributed by atoms with Crippen LogP contribution in [0.3, 0.4) is 0 Å². The maximum atomic E-state index is 16.5. The smallest absolute Gasteiger partial charge is 0.265 e. The number of rotatable bonds is 8. The molecular weight excluding hydrogens is 692 g/mol. The predicted octanol–water partition coefficient (Wildman–Crippen LogP) is 8.15. The Kier molecular flexibility index (Phi) is 8.55. The molecule has 1 fully saturated rings. The maximum Gasteiger partial charge on any atom is 0.265 e. The number of nitrogens with two attached hydrogens (primary N) is 1. The van der Waals surface area contributed by atoms with E-state index in [1.54, 1.807) is 0 Å². The van der Waals surface area contributed by atoms with Crippen molar-refractivity contribution in [1.29, 1.82) is 0 Å². The van der Waals surface area contributed by atoms with Gasteiger partial charge in [-0.05, 0) is 78.0 Å². The average Bonchev–Trinajstić information content (AvgIpc) is 3.80. The first-order chi connectivity index (χ1) is 25.2. The fourth-order valence-electron chi connectivity index (χ4n) is 8.47. The quantitative estimate of drug-likeness (QED) is 0.136. The van der Waals surface area contributed by atoms with E-state index in [1.807, 2.05) is 94.5 Å². The molecule has 8 rings (SSSR count). The molecule has 3 aromatic carbocycles. The number of ketones is 2. The zero-order valence-corrected chi connectivity index (χ0v) is 31.8. The van der Waals surface area contributed by atoms with Crippen molar-refractivity contribution >= 4 is 25.6 Å². The molecular formula is C42H45FN2O7Si. The van der Waals surface area contributed by atoms with Gasteiger partial charge in [0.25, 0.3) is 5.88 Å². The summed E-state index contributed by atoms with van der Waals surface area (Å²) in [5.41, 5.74) is 8.48. The molecule has 0 unspecified atom stereocenters. The standard InChI is InChI=1S/C42H45FN2O7Si/c1-41(2,3)53(4,5)52-42-29(34(44)37-32(39(42)48)40(45-51-37)50-22-24-15-10-7-11-16-24)20-25-19-28-31(35(46)30(25)38(42)47)36(27-18-12-17-26(27)33(28)43)49-21-23-13-8-6-9-14-23/h6-11,13-16,25,29,34,46H,12,17-22,44H2,1-5H3/t25-,29-,34-,42-/m0/s1. The van der Waals surface area contributed by atoms with Crippen molar-refractivity contribution in [3.8, 4) is 11.6 Å². The van der Waals surface area contributed by atoms with Crippen LogP contribution in [0, 0.1) is 17.7 Å². The van der Waals surface area contributed by atoms with E-state index in [1.165, 1.54) is 0 Å². The number of aliphatic hydroxyl groups excluding tert-OH is 1. The minimum atomic E-state index is -2.92. The molecule has 0 spiro atoms. The topological polar surface area (TPSA) is 134 Å². The molecule has 4 aromatic rings. The van der Waals surface area contributed by atoms with Crippen molar-refractivity contribution in [3.63, 3.8) is 0 Å². The van der Waals surface area contributed by atoms with E-state index in [0.717, 1.165) is 17.5 Å². The molecule has 4 atom stereocenters. The first-order valence-electron chi connectivity index (χ1n) is 18.4. The Hall–Kier alpha value is -4.58. The van der Waals surface area contributed by atoms with E-state index < -0.39 is 48.4 Å². The Balaban J connectivity index is 1.28. The second kappa shape index (κ2) is 12.8. The summed E-state index contributed by atoms with van der Waals surface area (Å²) in [6.45, 7) is 10.3. The van der Waals surface area contributed by atoms with Crippen LogP contribution >= 0.6 is 0 Å². The molecule has 1 aromatic heterocycles. The monoisotopic (exact) mass is 736 g/mol. The minimum Gasteiger partial charge on any atom is -0.507 e. The molecule has 3 N–H and O–H groups in total. The van der Waals surface area contributed by atoms with Crippen LogP contribution in [0.1, 0.15) is 89.2 Å². The van der Waals surface area contributed by atoms with Gasteiger partial charge in [0.1, 0.15) is 36.1 Å². The average molecular weight is 737 g/mol. The van der Waals surface area contributed by atoms with Crippen molar-refractivity contribution in [1.82, 2.24) is 5.16 Å². The number of ether oxygens (including phenoxy) is 2. The minimum absolute atomic E-state index is 0.0257. The number of benzene rings is 3. The highest BCUT2D eigenvalue weighted by molar-refractivity contribution is 6.74. The van der Waals surface area contributed by atoms with Gasteiger partial charge < -0.3 is 29.3 Å². The fraction of sp³-hybridized carbons (Fsp3) is 0.405. The molecule has 0 aliphatic heterocycles. The summed E-state index contributed by atoms with van der Waals surface area (Å²) in [6, 6.07) is 18.1. The van der Waals surface area contributed by atoms with Gasteiger partial charge in [-0.25, -0.2) is 4.39 Å². The molecule has 4 aliphatic rings. The lowest BCUT2D eigenvalue weighted by atomic mass is 9.57. The zero-order valence-electron chi connectivity index (χ0n) is 30.8. The third-order valence-corrected chi connectivity index (χ3v) is 16.6. The summed E-state index contributed by atoms with van der Waals surface area (Å²) >= 11 is 0. The predicted molar refractivity (Wildman–Crippen MR) is 199 cm³/mol. The summed E-state index contributed by atoms with van der Waals surface area (Å²) in [5.74, 6) is -3.12. The number of hydrogen-bond acceptors (Lipinski definition) is 9. The molecule has 1 saturated carbocycles. The summed E-state index contributed by atoms with van der Waals surface area (Å²) in [5, 5.41) is 16.1. The van der Waals surface area contributed by atoms with Crippen LogP contribution in [0.2, 0.25) is 18.1 Å². The molecule has 9 nitrogen and oxygen atoms in total. The first-order valence-corrected chi connectivity index (χ1v) is 21.3. The van der Waals surface area contributed by atoms with E-state index >= 15 is 14.0 Å². The normalized spacial score (nSPS) is 23.6. The van der Waals surface area contributed by atoms with Gasteiger partial charge in [0.15, 0.2) is 19.7 Å². The largest absolute Gasteiger partial charge is 0.507 e. The number of fused-ring (bicyclic) bond motifs is 5. The van der Waals surface area contributed by atoms with Gasteiger partial charge >= 0.3 is 0 Å². The van der Waals surface area contributed by atoms with Gasteiger partial charge in [0, 0.05) is 22.6 Å². The lowest BCUT2D eigenvalue weighted by Gasteiger charge is -2.53. The number of carbonyl (C=O) groups is 2. The highest BCUT2D eigenvalue weighted by Gasteiger charge is 2.68. The van der Waals surface area contributed by atoms with Crippen LogP contribution in [0.4, 0.5) is 4.39 Å². The Morgan fingerprint density at radius 3 is 2.19 bits per heavy atom. The molecule has 53 heavy (non-hydrogen) atoms. The summed E-state index contributed by atoms with van der Waals surface area (Å²) in [4.78, 5) is 30.7. The Morgan fingerprint density at radius 1 is 0.925 bits per heavy atom. The number of carbonyl (C=O) groups excluding carboxylic acids is 2. The second-order valence-electron chi connectivity index (χ2n) is 16.4. The molecule has 1 heterocycles. The summed E-state index contributed by atoms with van der Waals surface area (Å²) in [7, 11) is -2.92. The van der Waals surface area contributed by atoms with Gasteiger partial charge in [-0.2, -0.15) is 0 Å². The highest BCUT2D eigenvalue weighted by Crippen LogP contribution is 2.58. The second-order valence-corrected chi connectivity index (χ2v) is 21.1. The van der Waals surface area contributed by atoms with Crippen LogP contribution in [0.5, 0.6) is 11.6 Å².